The van der Waals surface area contributed by atoms with E-state index >= 15 is 0 Å². The first kappa shape index (κ1) is 16.9. The number of benzene rings is 2. The van der Waals surface area contributed by atoms with Gasteiger partial charge in [0.05, 0.1) is 22.7 Å². The summed E-state index contributed by atoms with van der Waals surface area (Å²) in [5.41, 5.74) is 2.89. The molecular formula is C19H21N3O3S. The fourth-order valence-electron chi connectivity index (χ4n) is 3.55. The number of hydrogen-bond donors (Lipinski definition) is 2. The molecule has 0 spiro atoms. The lowest BCUT2D eigenvalue weighted by Gasteiger charge is -2.30. The number of fused-ring (bicyclic) bond motifs is 1. The summed E-state index contributed by atoms with van der Waals surface area (Å²) in [6.45, 7) is 1.87. The van der Waals surface area contributed by atoms with E-state index < -0.39 is 10.0 Å². The van der Waals surface area contributed by atoms with Crippen LogP contribution in [-0.2, 0) is 21.2 Å². The molecule has 0 atom stereocenters. The highest BCUT2D eigenvalue weighted by Gasteiger charge is 2.23. The Morgan fingerprint density at radius 3 is 2.58 bits per heavy atom. The van der Waals surface area contributed by atoms with Gasteiger partial charge in [0, 0.05) is 18.8 Å². The fourth-order valence-corrected chi connectivity index (χ4v) is 4.67. The second-order valence-corrected chi connectivity index (χ2v) is 8.40. The third kappa shape index (κ3) is 3.26. The minimum Gasteiger partial charge on any atom is -0.370 e. The second-order valence-electron chi connectivity index (χ2n) is 6.71. The van der Waals surface area contributed by atoms with Crippen molar-refractivity contribution in [2.75, 3.05) is 28.0 Å². The predicted molar refractivity (Wildman–Crippen MR) is 102 cm³/mol. The summed E-state index contributed by atoms with van der Waals surface area (Å²) in [6, 6.07) is 12.2. The Bertz CT molecular complexity index is 950. The molecular weight excluding hydrogens is 350 g/mol. The topological polar surface area (TPSA) is 78.5 Å². The van der Waals surface area contributed by atoms with Gasteiger partial charge in [0.15, 0.2) is 0 Å². The third-order valence-corrected chi connectivity index (χ3v) is 6.22. The SMILES string of the molecule is O=C1Cc2cc(S(=O)(=O)Nc3ccccc3N3CCCCC3)ccc2N1. The molecule has 0 unspecified atom stereocenters. The summed E-state index contributed by atoms with van der Waals surface area (Å²) < 4.78 is 28.5. The summed E-state index contributed by atoms with van der Waals surface area (Å²) in [4.78, 5) is 13.9. The van der Waals surface area contributed by atoms with Crippen molar-refractivity contribution in [2.45, 2.75) is 30.6 Å². The number of piperidine rings is 1. The maximum atomic E-state index is 12.9. The molecule has 2 aliphatic heterocycles. The molecule has 1 amide bonds. The second kappa shape index (κ2) is 6.64. The van der Waals surface area contributed by atoms with E-state index in [4.69, 9.17) is 0 Å². The maximum Gasteiger partial charge on any atom is 0.261 e. The molecule has 0 bridgehead atoms. The van der Waals surface area contributed by atoms with Gasteiger partial charge in [0.2, 0.25) is 5.91 Å². The highest BCUT2D eigenvalue weighted by atomic mass is 32.2. The normalized spacial score (nSPS) is 16.9. The van der Waals surface area contributed by atoms with Crippen molar-refractivity contribution in [3.05, 3.63) is 48.0 Å². The number of hydrogen-bond acceptors (Lipinski definition) is 4. The Morgan fingerprint density at radius 1 is 1.00 bits per heavy atom. The molecule has 0 aliphatic carbocycles. The number of carbonyl (C=O) groups is 1. The van der Waals surface area contributed by atoms with Crippen molar-refractivity contribution in [3.8, 4) is 0 Å². The average Bonchev–Trinajstić information content (AvgIpc) is 3.02. The summed E-state index contributed by atoms with van der Waals surface area (Å²) in [7, 11) is -3.73. The van der Waals surface area contributed by atoms with Crippen LogP contribution in [0.2, 0.25) is 0 Å². The molecule has 1 fully saturated rings. The first-order valence-corrected chi connectivity index (χ1v) is 10.3. The number of amides is 1. The lowest BCUT2D eigenvalue weighted by Crippen LogP contribution is -2.30. The van der Waals surface area contributed by atoms with Crippen LogP contribution >= 0.6 is 0 Å². The van der Waals surface area contributed by atoms with E-state index in [-0.39, 0.29) is 17.2 Å². The van der Waals surface area contributed by atoms with Gasteiger partial charge in [0.25, 0.3) is 10.0 Å². The molecule has 2 N–H and O–H groups in total. The van der Waals surface area contributed by atoms with Gasteiger partial charge in [-0.2, -0.15) is 0 Å². The van der Waals surface area contributed by atoms with Gasteiger partial charge in [0.1, 0.15) is 0 Å². The van der Waals surface area contributed by atoms with Crippen molar-refractivity contribution in [1.29, 1.82) is 0 Å². The van der Waals surface area contributed by atoms with Crippen LogP contribution in [0.25, 0.3) is 0 Å². The van der Waals surface area contributed by atoms with Crippen LogP contribution < -0.4 is 14.9 Å². The van der Waals surface area contributed by atoms with Crippen molar-refractivity contribution < 1.29 is 13.2 Å². The minimum atomic E-state index is -3.73. The molecule has 7 heteroatoms. The molecule has 4 rings (SSSR count). The molecule has 2 aromatic rings. The summed E-state index contributed by atoms with van der Waals surface area (Å²) in [5, 5.41) is 2.72. The third-order valence-electron chi connectivity index (χ3n) is 4.86. The van der Waals surface area contributed by atoms with E-state index in [0.29, 0.717) is 16.9 Å². The molecule has 0 aromatic heterocycles. The van der Waals surface area contributed by atoms with Crippen molar-refractivity contribution in [3.63, 3.8) is 0 Å². The van der Waals surface area contributed by atoms with Crippen LogP contribution in [0.4, 0.5) is 17.1 Å². The molecule has 2 aromatic carbocycles. The summed E-state index contributed by atoms with van der Waals surface area (Å²) >= 11 is 0. The number of anilines is 3. The van der Waals surface area contributed by atoms with E-state index in [2.05, 4.69) is 14.9 Å². The number of sulfonamides is 1. The van der Waals surface area contributed by atoms with Gasteiger partial charge in [-0.1, -0.05) is 12.1 Å². The highest BCUT2D eigenvalue weighted by Crippen LogP contribution is 2.31. The Labute approximate surface area is 153 Å². The summed E-state index contributed by atoms with van der Waals surface area (Å²) in [5.74, 6) is -0.113. The van der Waals surface area contributed by atoms with E-state index in [0.717, 1.165) is 31.6 Å². The van der Waals surface area contributed by atoms with Crippen molar-refractivity contribution in [2.24, 2.45) is 0 Å². The quantitative estimate of drug-likeness (QED) is 0.866. The number of nitrogens with one attached hydrogen (secondary N) is 2. The smallest absolute Gasteiger partial charge is 0.261 e. The number of carbonyl (C=O) groups excluding carboxylic acids is 1. The fraction of sp³-hybridized carbons (Fsp3) is 0.316. The van der Waals surface area contributed by atoms with E-state index in [1.54, 1.807) is 18.2 Å². The van der Waals surface area contributed by atoms with Gasteiger partial charge in [-0.05, 0) is 55.2 Å². The van der Waals surface area contributed by atoms with Gasteiger partial charge < -0.3 is 10.2 Å². The number of nitrogens with zero attached hydrogens (tertiary/aromatic N) is 1. The summed E-state index contributed by atoms with van der Waals surface area (Å²) in [6.07, 6.45) is 3.66. The van der Waals surface area contributed by atoms with E-state index in [9.17, 15) is 13.2 Å². The first-order chi connectivity index (χ1) is 12.5. The number of rotatable bonds is 4. The molecule has 2 heterocycles. The average molecular weight is 371 g/mol. The van der Waals surface area contributed by atoms with Crippen LogP contribution in [0.3, 0.4) is 0 Å². The van der Waals surface area contributed by atoms with E-state index in [1.807, 2.05) is 18.2 Å². The van der Waals surface area contributed by atoms with Crippen molar-refractivity contribution in [1.82, 2.24) is 0 Å². The minimum absolute atomic E-state index is 0.113. The molecule has 0 radical (unpaired) electrons. The Hall–Kier alpha value is -2.54. The number of para-hydroxylation sites is 2. The van der Waals surface area contributed by atoms with Crippen LogP contribution in [-0.4, -0.2) is 27.4 Å². The highest BCUT2D eigenvalue weighted by molar-refractivity contribution is 7.92. The van der Waals surface area contributed by atoms with Crippen LogP contribution in [0.1, 0.15) is 24.8 Å². The largest absolute Gasteiger partial charge is 0.370 e. The van der Waals surface area contributed by atoms with Gasteiger partial charge in [-0.3, -0.25) is 9.52 Å². The van der Waals surface area contributed by atoms with E-state index in [1.165, 1.54) is 12.5 Å². The molecule has 1 saturated heterocycles. The zero-order valence-electron chi connectivity index (χ0n) is 14.4. The van der Waals surface area contributed by atoms with Crippen molar-refractivity contribution >= 4 is 33.0 Å². The van der Waals surface area contributed by atoms with Crippen LogP contribution in [0.15, 0.2) is 47.4 Å². The van der Waals surface area contributed by atoms with Gasteiger partial charge in [-0.25, -0.2) is 8.42 Å². The Morgan fingerprint density at radius 2 is 1.77 bits per heavy atom. The predicted octanol–water partition coefficient (Wildman–Crippen LogP) is 2.97. The molecule has 26 heavy (non-hydrogen) atoms. The van der Waals surface area contributed by atoms with Crippen LogP contribution in [0, 0.1) is 0 Å². The van der Waals surface area contributed by atoms with Gasteiger partial charge in [-0.15, -0.1) is 0 Å². The van der Waals surface area contributed by atoms with Gasteiger partial charge >= 0.3 is 0 Å². The Balaban J connectivity index is 1.63. The standard InChI is InChI=1S/C19H21N3O3S/c23-19-13-14-12-15(8-9-16(14)20-19)26(24,25)21-17-6-2-3-7-18(17)22-10-4-1-5-11-22/h2-3,6-9,12,21H,1,4-5,10-11,13H2,(H,20,23). The molecule has 0 saturated carbocycles. The van der Waals surface area contributed by atoms with Crippen LogP contribution in [0.5, 0.6) is 0 Å². The maximum absolute atomic E-state index is 12.9. The lowest BCUT2D eigenvalue weighted by molar-refractivity contribution is -0.115. The lowest BCUT2D eigenvalue weighted by atomic mass is 10.1. The Kier molecular flexibility index (Phi) is 4.32. The molecule has 6 nitrogen and oxygen atoms in total. The molecule has 2 aliphatic rings. The zero-order chi connectivity index (χ0) is 18.1. The first-order valence-electron chi connectivity index (χ1n) is 8.82. The molecule has 136 valence electrons. The zero-order valence-corrected chi connectivity index (χ0v) is 15.2. The monoisotopic (exact) mass is 371 g/mol.